The summed E-state index contributed by atoms with van der Waals surface area (Å²) in [6, 6.07) is 3.59. The van der Waals surface area contributed by atoms with Crippen molar-refractivity contribution in [3.8, 4) is 5.88 Å². The number of hydrogen-bond donors (Lipinski definition) is 2. The van der Waals surface area contributed by atoms with Crippen LogP contribution >= 0.6 is 0 Å². The van der Waals surface area contributed by atoms with Crippen molar-refractivity contribution in [1.82, 2.24) is 10.3 Å². The Hall–Kier alpha value is -1.62. The zero-order chi connectivity index (χ0) is 13.7. The highest BCUT2D eigenvalue weighted by Gasteiger charge is 2.39. The van der Waals surface area contributed by atoms with E-state index in [2.05, 4.69) is 22.5 Å². The molecule has 0 aromatic carbocycles. The molecule has 1 aromatic rings. The van der Waals surface area contributed by atoms with Crippen molar-refractivity contribution in [2.45, 2.75) is 26.7 Å². The molecule has 0 aliphatic carbocycles. The van der Waals surface area contributed by atoms with Gasteiger partial charge in [-0.2, -0.15) is 0 Å². The maximum Gasteiger partial charge on any atom is 0.231 e. The molecule has 5 nitrogen and oxygen atoms in total. The number of hydrogen-bond acceptors (Lipinski definition) is 4. The molecule has 1 fully saturated rings. The molecular weight excluding hydrogens is 242 g/mol. The summed E-state index contributed by atoms with van der Waals surface area (Å²) in [4.78, 5) is 16.5. The summed E-state index contributed by atoms with van der Waals surface area (Å²) >= 11 is 0. The minimum atomic E-state index is -0.279. The summed E-state index contributed by atoms with van der Waals surface area (Å²) in [7, 11) is 0. The van der Waals surface area contributed by atoms with Crippen LogP contribution in [0.1, 0.15) is 26.7 Å². The number of nitrogens with zero attached hydrogens (tertiary/aromatic N) is 1. The number of carbonyl (C=O) groups excluding carboxylic acids is 1. The van der Waals surface area contributed by atoms with Gasteiger partial charge in [-0.25, -0.2) is 4.98 Å². The number of nitrogens with one attached hydrogen (secondary N) is 2. The molecule has 0 radical (unpaired) electrons. The summed E-state index contributed by atoms with van der Waals surface area (Å²) in [5.41, 5.74) is 0.437. The van der Waals surface area contributed by atoms with Crippen LogP contribution in [0.25, 0.3) is 0 Å². The van der Waals surface area contributed by atoms with Crippen LogP contribution in [0.2, 0.25) is 0 Å². The van der Waals surface area contributed by atoms with E-state index < -0.39 is 0 Å². The third-order valence-electron chi connectivity index (χ3n) is 3.69. The molecule has 2 rings (SSSR count). The first-order valence-electron chi connectivity index (χ1n) is 6.81. The van der Waals surface area contributed by atoms with Crippen LogP contribution in [0.3, 0.4) is 0 Å². The third-order valence-corrected chi connectivity index (χ3v) is 3.69. The molecule has 1 amide bonds. The Morgan fingerprint density at radius 1 is 1.53 bits per heavy atom. The van der Waals surface area contributed by atoms with Gasteiger partial charge in [0.15, 0.2) is 0 Å². The topological polar surface area (TPSA) is 63.2 Å². The van der Waals surface area contributed by atoms with Gasteiger partial charge in [0, 0.05) is 12.6 Å². The SMILES string of the molecule is CCOc1ccc(NC(=O)C2(CC)CCNC2)cn1. The number of amides is 1. The monoisotopic (exact) mass is 263 g/mol. The Balaban J connectivity index is 2.02. The van der Waals surface area contributed by atoms with Gasteiger partial charge >= 0.3 is 0 Å². The van der Waals surface area contributed by atoms with Gasteiger partial charge < -0.3 is 15.4 Å². The largest absolute Gasteiger partial charge is 0.478 e. The molecular formula is C14H21N3O2. The van der Waals surface area contributed by atoms with E-state index in [1.54, 1.807) is 12.3 Å². The van der Waals surface area contributed by atoms with Crippen molar-refractivity contribution in [1.29, 1.82) is 0 Å². The van der Waals surface area contributed by atoms with E-state index in [4.69, 9.17) is 4.74 Å². The predicted octanol–water partition coefficient (Wildman–Crippen LogP) is 1.81. The summed E-state index contributed by atoms with van der Waals surface area (Å²) in [6.07, 6.45) is 3.37. The molecule has 1 atom stereocenters. The molecule has 19 heavy (non-hydrogen) atoms. The first kappa shape index (κ1) is 13.8. The molecule has 1 aliphatic heterocycles. The van der Waals surface area contributed by atoms with Gasteiger partial charge in [0.05, 0.1) is 23.9 Å². The van der Waals surface area contributed by atoms with Gasteiger partial charge in [-0.3, -0.25) is 4.79 Å². The Kier molecular flexibility index (Phi) is 4.37. The molecule has 1 aromatic heterocycles. The van der Waals surface area contributed by atoms with E-state index in [1.807, 2.05) is 13.0 Å². The molecule has 0 saturated carbocycles. The zero-order valence-corrected chi connectivity index (χ0v) is 11.5. The maximum atomic E-state index is 12.4. The summed E-state index contributed by atoms with van der Waals surface area (Å²) < 4.78 is 5.27. The second-order valence-corrected chi connectivity index (χ2v) is 4.83. The Labute approximate surface area is 113 Å². The third kappa shape index (κ3) is 3.04. The van der Waals surface area contributed by atoms with E-state index in [0.29, 0.717) is 18.2 Å². The number of anilines is 1. The fourth-order valence-corrected chi connectivity index (χ4v) is 2.35. The normalized spacial score (nSPS) is 22.2. The van der Waals surface area contributed by atoms with Crippen molar-refractivity contribution in [2.24, 2.45) is 5.41 Å². The molecule has 5 heteroatoms. The van der Waals surface area contributed by atoms with Crippen LogP contribution in [-0.4, -0.2) is 30.6 Å². The lowest BCUT2D eigenvalue weighted by Crippen LogP contribution is -2.37. The van der Waals surface area contributed by atoms with E-state index in [9.17, 15) is 4.79 Å². The quantitative estimate of drug-likeness (QED) is 0.850. The van der Waals surface area contributed by atoms with Crippen LogP contribution in [-0.2, 0) is 4.79 Å². The molecule has 2 N–H and O–H groups in total. The molecule has 1 aliphatic rings. The molecule has 1 unspecified atom stereocenters. The average molecular weight is 263 g/mol. The molecule has 0 spiro atoms. The Bertz CT molecular complexity index is 425. The van der Waals surface area contributed by atoms with Crippen molar-refractivity contribution in [2.75, 3.05) is 25.0 Å². The lowest BCUT2D eigenvalue weighted by atomic mass is 9.83. The number of pyridine rings is 1. The van der Waals surface area contributed by atoms with Crippen LogP contribution < -0.4 is 15.4 Å². The van der Waals surface area contributed by atoms with Gasteiger partial charge in [0.25, 0.3) is 0 Å². The summed E-state index contributed by atoms with van der Waals surface area (Å²) in [5, 5.41) is 6.21. The lowest BCUT2D eigenvalue weighted by molar-refractivity contribution is -0.124. The van der Waals surface area contributed by atoms with Gasteiger partial charge in [-0.05, 0) is 32.4 Å². The minimum Gasteiger partial charge on any atom is -0.478 e. The van der Waals surface area contributed by atoms with Crippen LogP contribution in [0, 0.1) is 5.41 Å². The van der Waals surface area contributed by atoms with Crippen LogP contribution in [0.5, 0.6) is 5.88 Å². The maximum absolute atomic E-state index is 12.4. The lowest BCUT2D eigenvalue weighted by Gasteiger charge is -2.25. The summed E-state index contributed by atoms with van der Waals surface area (Å²) in [6.45, 7) is 6.21. The van der Waals surface area contributed by atoms with E-state index in [0.717, 1.165) is 25.9 Å². The molecule has 1 saturated heterocycles. The van der Waals surface area contributed by atoms with Gasteiger partial charge in [0.2, 0.25) is 11.8 Å². The van der Waals surface area contributed by atoms with E-state index >= 15 is 0 Å². The van der Waals surface area contributed by atoms with Crippen LogP contribution in [0.4, 0.5) is 5.69 Å². The number of carbonyl (C=O) groups is 1. The fraction of sp³-hybridized carbons (Fsp3) is 0.571. The molecule has 0 bridgehead atoms. The minimum absolute atomic E-state index is 0.0750. The fourth-order valence-electron chi connectivity index (χ4n) is 2.35. The smallest absolute Gasteiger partial charge is 0.231 e. The van der Waals surface area contributed by atoms with Crippen molar-refractivity contribution < 1.29 is 9.53 Å². The van der Waals surface area contributed by atoms with E-state index in [-0.39, 0.29) is 11.3 Å². The highest BCUT2D eigenvalue weighted by Crippen LogP contribution is 2.30. The highest BCUT2D eigenvalue weighted by atomic mass is 16.5. The van der Waals surface area contributed by atoms with Gasteiger partial charge in [0.1, 0.15) is 0 Å². The summed E-state index contributed by atoms with van der Waals surface area (Å²) in [5.74, 6) is 0.652. The second kappa shape index (κ2) is 6.02. The van der Waals surface area contributed by atoms with Crippen LogP contribution in [0.15, 0.2) is 18.3 Å². The Morgan fingerprint density at radius 2 is 2.37 bits per heavy atom. The predicted molar refractivity (Wildman–Crippen MR) is 74.2 cm³/mol. The standard InChI is InChI=1S/C14H21N3O2/c1-3-14(7-8-15-10-14)13(18)17-11-5-6-12(16-9-11)19-4-2/h5-6,9,15H,3-4,7-8,10H2,1-2H3,(H,17,18). The van der Waals surface area contributed by atoms with Gasteiger partial charge in [-0.1, -0.05) is 6.92 Å². The number of ether oxygens (including phenoxy) is 1. The number of aromatic nitrogens is 1. The van der Waals surface area contributed by atoms with Crippen molar-refractivity contribution in [3.63, 3.8) is 0 Å². The van der Waals surface area contributed by atoms with Crippen molar-refractivity contribution >= 4 is 11.6 Å². The average Bonchev–Trinajstić information content (AvgIpc) is 2.91. The van der Waals surface area contributed by atoms with E-state index in [1.165, 1.54) is 0 Å². The molecule has 2 heterocycles. The Morgan fingerprint density at radius 3 is 2.89 bits per heavy atom. The first-order chi connectivity index (χ1) is 9.20. The number of rotatable bonds is 5. The molecule has 104 valence electrons. The van der Waals surface area contributed by atoms with Crippen molar-refractivity contribution in [3.05, 3.63) is 18.3 Å². The first-order valence-corrected chi connectivity index (χ1v) is 6.81. The second-order valence-electron chi connectivity index (χ2n) is 4.83. The zero-order valence-electron chi connectivity index (χ0n) is 11.5. The highest BCUT2D eigenvalue weighted by molar-refractivity contribution is 5.95. The van der Waals surface area contributed by atoms with Gasteiger partial charge in [-0.15, -0.1) is 0 Å².